The number of aliphatic imine (C=N–C) groups is 1. The van der Waals surface area contributed by atoms with Gasteiger partial charge in [-0.2, -0.15) is 13.2 Å². The van der Waals surface area contributed by atoms with Crippen LogP contribution in [-0.2, 0) is 16.0 Å². The zero-order valence-corrected chi connectivity index (χ0v) is 17.4. The summed E-state index contributed by atoms with van der Waals surface area (Å²) in [6.07, 6.45) is -3.43. The second-order valence-corrected chi connectivity index (χ2v) is 8.48. The highest BCUT2D eigenvalue weighted by Gasteiger charge is 2.59. The van der Waals surface area contributed by atoms with Gasteiger partial charge in [0.25, 0.3) is 0 Å². The zero-order chi connectivity index (χ0) is 21.2. The summed E-state index contributed by atoms with van der Waals surface area (Å²) in [4.78, 5) is 14.8. The number of aryl methyl sites for hydroxylation is 1. The van der Waals surface area contributed by atoms with Crippen LogP contribution in [0.2, 0.25) is 10.0 Å². The van der Waals surface area contributed by atoms with Crippen molar-refractivity contribution < 1.29 is 18.0 Å². The van der Waals surface area contributed by atoms with Gasteiger partial charge in [-0.1, -0.05) is 54.0 Å². The second kappa shape index (κ2) is 8.45. The number of benzene rings is 2. The fraction of sp³-hybridized carbons (Fsp3) is 0.263. The molecule has 3 rings (SSSR count). The third-order valence-electron chi connectivity index (χ3n) is 4.51. The van der Waals surface area contributed by atoms with E-state index in [1.54, 1.807) is 18.2 Å². The first-order valence-electron chi connectivity index (χ1n) is 8.55. The van der Waals surface area contributed by atoms with Gasteiger partial charge >= 0.3 is 6.18 Å². The number of hydrazine groups is 1. The molecule has 1 heterocycles. The molecule has 0 radical (unpaired) electrons. The predicted octanol–water partition coefficient (Wildman–Crippen LogP) is 5.58. The van der Waals surface area contributed by atoms with Crippen LogP contribution in [0.4, 0.5) is 18.9 Å². The van der Waals surface area contributed by atoms with E-state index < -0.39 is 17.5 Å². The van der Waals surface area contributed by atoms with E-state index in [9.17, 15) is 18.0 Å². The molecule has 1 aliphatic rings. The summed E-state index contributed by atoms with van der Waals surface area (Å²) in [5, 5.41) is 0.503. The van der Waals surface area contributed by atoms with Gasteiger partial charge in [0.05, 0.1) is 17.3 Å². The van der Waals surface area contributed by atoms with Crippen LogP contribution in [0.1, 0.15) is 23.6 Å². The number of rotatable bonds is 6. The van der Waals surface area contributed by atoms with Crippen molar-refractivity contribution in [2.24, 2.45) is 4.99 Å². The molecule has 0 spiro atoms. The number of hydrogen-bond acceptors (Lipinski definition) is 4. The van der Waals surface area contributed by atoms with E-state index in [1.807, 2.05) is 6.92 Å². The zero-order valence-electron chi connectivity index (χ0n) is 15.1. The lowest BCUT2D eigenvalue weighted by atomic mass is 9.97. The molecule has 0 bridgehead atoms. The topological polar surface area (TPSA) is 53.5 Å². The number of halogens is 5. The Morgan fingerprint density at radius 2 is 1.90 bits per heavy atom. The Hall–Kier alpha value is -1.90. The van der Waals surface area contributed by atoms with E-state index in [0.29, 0.717) is 35.8 Å². The first-order chi connectivity index (χ1) is 13.7. The first kappa shape index (κ1) is 21.8. The van der Waals surface area contributed by atoms with Gasteiger partial charge in [0.2, 0.25) is 6.41 Å². The molecule has 0 saturated heterocycles. The number of nitrogens with zero attached hydrogens (tertiary/aromatic N) is 1. The average molecular weight is 462 g/mol. The summed E-state index contributed by atoms with van der Waals surface area (Å²) in [6, 6.07) is 9.10. The second-order valence-electron chi connectivity index (χ2n) is 6.32. The molecule has 4 nitrogen and oxygen atoms in total. The van der Waals surface area contributed by atoms with Crippen LogP contribution < -0.4 is 10.9 Å². The normalized spacial score (nSPS) is 19.0. The van der Waals surface area contributed by atoms with E-state index in [-0.39, 0.29) is 20.7 Å². The molecule has 2 N–H and O–H groups in total. The van der Waals surface area contributed by atoms with E-state index in [0.717, 1.165) is 5.56 Å². The van der Waals surface area contributed by atoms with Gasteiger partial charge in [0.1, 0.15) is 0 Å². The fourth-order valence-corrected chi connectivity index (χ4v) is 4.76. The molecule has 154 valence electrons. The maximum absolute atomic E-state index is 14.2. The first-order valence-corrected chi connectivity index (χ1v) is 10.1. The minimum Gasteiger partial charge on any atom is -0.299 e. The quantitative estimate of drug-likeness (QED) is 0.436. The van der Waals surface area contributed by atoms with Crippen LogP contribution in [0.3, 0.4) is 0 Å². The lowest BCUT2D eigenvalue weighted by Crippen LogP contribution is -2.40. The summed E-state index contributed by atoms with van der Waals surface area (Å²) in [5.41, 5.74) is 7.05. The number of anilines is 1. The molecule has 1 aliphatic heterocycles. The molecular weight excluding hydrogens is 446 g/mol. The van der Waals surface area contributed by atoms with Crippen molar-refractivity contribution >= 4 is 52.1 Å². The molecule has 0 saturated carbocycles. The number of thioether (sulfide) groups is 1. The Kier molecular flexibility index (Phi) is 6.36. The number of carbonyl (C=O) groups is 1. The number of amides is 1. The van der Waals surface area contributed by atoms with Crippen molar-refractivity contribution in [1.29, 1.82) is 0 Å². The van der Waals surface area contributed by atoms with Gasteiger partial charge in [-0.25, -0.2) is 0 Å². The van der Waals surface area contributed by atoms with E-state index in [2.05, 4.69) is 15.8 Å². The highest BCUT2D eigenvalue weighted by atomic mass is 35.5. The maximum atomic E-state index is 14.2. The van der Waals surface area contributed by atoms with Gasteiger partial charge in [-0.15, -0.1) is 0 Å². The Morgan fingerprint density at radius 1 is 1.21 bits per heavy atom. The van der Waals surface area contributed by atoms with Crippen LogP contribution in [0.5, 0.6) is 0 Å². The molecule has 2 aromatic rings. The van der Waals surface area contributed by atoms with Crippen molar-refractivity contribution in [2.45, 2.75) is 24.3 Å². The van der Waals surface area contributed by atoms with E-state index in [4.69, 9.17) is 23.2 Å². The third kappa shape index (κ3) is 4.34. The van der Waals surface area contributed by atoms with Gasteiger partial charge in [-0.05, 0) is 41.8 Å². The largest absolute Gasteiger partial charge is 0.409 e. The van der Waals surface area contributed by atoms with Crippen molar-refractivity contribution in [3.05, 3.63) is 63.1 Å². The number of carbonyl (C=O) groups excluding carboxylic acids is 1. The highest BCUT2D eigenvalue weighted by Crippen LogP contribution is 2.54. The number of hydrogen-bond donors (Lipinski definition) is 2. The molecular formula is C19H16Cl2F3N3OS. The molecule has 2 aromatic carbocycles. The summed E-state index contributed by atoms with van der Waals surface area (Å²) >= 11 is 12.5. The molecule has 10 heteroatoms. The van der Waals surface area contributed by atoms with E-state index >= 15 is 0 Å². The van der Waals surface area contributed by atoms with Crippen molar-refractivity contribution in [3.63, 3.8) is 0 Å². The van der Waals surface area contributed by atoms with Crippen molar-refractivity contribution in [1.82, 2.24) is 5.43 Å². The van der Waals surface area contributed by atoms with Crippen molar-refractivity contribution in [3.8, 4) is 0 Å². The van der Waals surface area contributed by atoms with Crippen molar-refractivity contribution in [2.75, 3.05) is 12.0 Å². The lowest BCUT2D eigenvalue weighted by Gasteiger charge is -2.30. The highest BCUT2D eigenvalue weighted by molar-refractivity contribution is 8.15. The van der Waals surface area contributed by atoms with Gasteiger partial charge in [-0.3, -0.25) is 20.6 Å². The Bertz CT molecular complexity index is 948. The number of alkyl halides is 3. The molecule has 1 amide bonds. The fourth-order valence-electron chi connectivity index (χ4n) is 3.05. The summed E-state index contributed by atoms with van der Waals surface area (Å²) in [6.45, 7) is 1.44. The van der Waals surface area contributed by atoms with E-state index in [1.165, 1.54) is 18.2 Å². The van der Waals surface area contributed by atoms with Crippen LogP contribution in [0.25, 0.3) is 0 Å². The Labute approximate surface area is 179 Å². The standard InChI is InChI=1S/C19H16Cl2F3N3OS/c1-2-11-3-4-12(5-16(11)27-26-10-28)17-25-9-18(29-17,19(22,23)24)13-6-14(20)8-15(21)7-13/h3-8,10,27H,2,9H2,1H3,(H,26,28). The molecule has 1 atom stereocenters. The molecule has 0 aromatic heterocycles. The molecule has 29 heavy (non-hydrogen) atoms. The summed E-state index contributed by atoms with van der Waals surface area (Å²) in [5.74, 6) is 0. The molecule has 0 aliphatic carbocycles. The Morgan fingerprint density at radius 3 is 2.48 bits per heavy atom. The maximum Gasteiger partial charge on any atom is 0.409 e. The predicted molar refractivity (Wildman–Crippen MR) is 112 cm³/mol. The van der Waals surface area contributed by atoms with Crippen LogP contribution in [0, 0.1) is 0 Å². The SMILES string of the molecule is CCc1ccc(C2=NCC(c3cc(Cl)cc(Cl)c3)(C(F)(F)F)S2)cc1NNC=O. The Balaban J connectivity index is 1.99. The van der Waals surface area contributed by atoms with Gasteiger partial charge < -0.3 is 0 Å². The average Bonchev–Trinajstić information content (AvgIpc) is 3.12. The smallest absolute Gasteiger partial charge is 0.299 e. The lowest BCUT2D eigenvalue weighted by molar-refractivity contribution is -0.158. The van der Waals surface area contributed by atoms with Crippen LogP contribution in [0.15, 0.2) is 41.4 Å². The summed E-state index contributed by atoms with van der Waals surface area (Å²) in [7, 11) is 0. The minimum absolute atomic E-state index is 0.0441. The molecule has 0 fully saturated rings. The number of nitrogens with one attached hydrogen (secondary N) is 2. The minimum atomic E-state index is -4.58. The van der Waals surface area contributed by atoms with Crippen LogP contribution >= 0.6 is 35.0 Å². The van der Waals surface area contributed by atoms with Gasteiger partial charge in [0.15, 0.2) is 4.75 Å². The summed E-state index contributed by atoms with van der Waals surface area (Å²) < 4.78 is 40.2. The monoisotopic (exact) mass is 461 g/mol. The third-order valence-corrected chi connectivity index (χ3v) is 6.45. The molecule has 1 unspecified atom stereocenters. The van der Waals surface area contributed by atoms with Crippen LogP contribution in [-0.4, -0.2) is 24.2 Å². The van der Waals surface area contributed by atoms with Gasteiger partial charge in [0, 0.05) is 15.6 Å².